The molecular weight excluding hydrogens is 399 g/mol. The summed E-state index contributed by atoms with van der Waals surface area (Å²) in [6, 6.07) is 5.46. The van der Waals surface area contributed by atoms with Gasteiger partial charge < -0.3 is 10.6 Å². The fourth-order valence-corrected chi connectivity index (χ4v) is 2.56. The first-order valence-corrected chi connectivity index (χ1v) is 6.96. The van der Waals surface area contributed by atoms with Gasteiger partial charge in [-0.1, -0.05) is 0 Å². The van der Waals surface area contributed by atoms with Gasteiger partial charge in [-0.15, -0.1) is 0 Å². The van der Waals surface area contributed by atoms with Gasteiger partial charge in [-0.2, -0.15) is 0 Å². The lowest BCUT2D eigenvalue weighted by atomic mass is 10.2. The Bertz CT molecular complexity index is 479. The predicted molar refractivity (Wildman–Crippen MR) is 75.7 cm³/mol. The number of amides is 2. The SMILES string of the molecule is O=C1CC(NC(=O)c2cc(I)ccc2Br)CN1. The van der Waals surface area contributed by atoms with Crippen LogP contribution in [0.4, 0.5) is 0 Å². The summed E-state index contributed by atoms with van der Waals surface area (Å²) in [6.45, 7) is 0.506. The molecule has 1 aliphatic rings. The van der Waals surface area contributed by atoms with Crippen molar-refractivity contribution in [3.05, 3.63) is 31.8 Å². The minimum atomic E-state index is -0.156. The number of hydrogen-bond acceptors (Lipinski definition) is 2. The van der Waals surface area contributed by atoms with Gasteiger partial charge in [-0.25, -0.2) is 0 Å². The van der Waals surface area contributed by atoms with Gasteiger partial charge in [0.1, 0.15) is 0 Å². The van der Waals surface area contributed by atoms with Gasteiger partial charge in [-0.05, 0) is 56.7 Å². The molecule has 1 aliphatic heterocycles. The van der Waals surface area contributed by atoms with Crippen LogP contribution in [-0.2, 0) is 4.79 Å². The van der Waals surface area contributed by atoms with Crippen LogP contribution in [0.1, 0.15) is 16.8 Å². The smallest absolute Gasteiger partial charge is 0.252 e. The van der Waals surface area contributed by atoms with E-state index >= 15 is 0 Å². The van der Waals surface area contributed by atoms with E-state index in [1.807, 2.05) is 18.2 Å². The van der Waals surface area contributed by atoms with E-state index in [-0.39, 0.29) is 17.9 Å². The molecule has 2 N–H and O–H groups in total. The van der Waals surface area contributed by atoms with Crippen molar-refractivity contribution in [1.29, 1.82) is 0 Å². The standard InChI is InChI=1S/C11H10BrIN2O2/c12-9-2-1-6(13)3-8(9)11(17)15-7-4-10(16)14-5-7/h1-3,7H,4-5H2,(H,14,16)(H,15,17). The first kappa shape index (κ1) is 12.8. The number of nitrogens with one attached hydrogen (secondary N) is 2. The number of carbonyl (C=O) groups is 2. The topological polar surface area (TPSA) is 58.2 Å². The number of hydrogen-bond donors (Lipinski definition) is 2. The molecule has 1 fully saturated rings. The fraction of sp³-hybridized carbons (Fsp3) is 0.273. The van der Waals surface area contributed by atoms with E-state index in [0.29, 0.717) is 18.5 Å². The van der Waals surface area contributed by atoms with Gasteiger partial charge in [0.2, 0.25) is 5.91 Å². The molecule has 1 unspecified atom stereocenters. The Hall–Kier alpha value is -0.630. The largest absolute Gasteiger partial charge is 0.354 e. The minimum Gasteiger partial charge on any atom is -0.354 e. The van der Waals surface area contributed by atoms with E-state index in [1.54, 1.807) is 0 Å². The number of benzene rings is 1. The highest BCUT2D eigenvalue weighted by Crippen LogP contribution is 2.19. The Kier molecular flexibility index (Phi) is 4.03. The molecule has 0 aliphatic carbocycles. The van der Waals surface area contributed by atoms with Crippen LogP contribution in [0.3, 0.4) is 0 Å². The van der Waals surface area contributed by atoms with Gasteiger partial charge in [-0.3, -0.25) is 9.59 Å². The van der Waals surface area contributed by atoms with Gasteiger partial charge >= 0.3 is 0 Å². The molecule has 0 saturated carbocycles. The molecule has 17 heavy (non-hydrogen) atoms. The maximum Gasteiger partial charge on any atom is 0.252 e. The zero-order valence-electron chi connectivity index (χ0n) is 8.80. The van der Waals surface area contributed by atoms with Crippen LogP contribution in [-0.4, -0.2) is 24.4 Å². The van der Waals surface area contributed by atoms with Crippen LogP contribution in [0.5, 0.6) is 0 Å². The van der Waals surface area contributed by atoms with Crippen molar-refractivity contribution in [3.63, 3.8) is 0 Å². The van der Waals surface area contributed by atoms with Crippen LogP contribution in [0.25, 0.3) is 0 Å². The molecule has 1 heterocycles. The van der Waals surface area contributed by atoms with Crippen LogP contribution in [0.2, 0.25) is 0 Å². The van der Waals surface area contributed by atoms with Crippen molar-refractivity contribution < 1.29 is 9.59 Å². The third-order valence-electron chi connectivity index (χ3n) is 2.49. The normalized spacial score (nSPS) is 18.9. The highest BCUT2D eigenvalue weighted by Gasteiger charge is 2.23. The van der Waals surface area contributed by atoms with Crippen LogP contribution < -0.4 is 10.6 Å². The van der Waals surface area contributed by atoms with Crippen molar-refractivity contribution in [2.75, 3.05) is 6.54 Å². The maximum atomic E-state index is 12.0. The number of halogens is 2. The molecule has 0 bridgehead atoms. The van der Waals surface area contributed by atoms with Gasteiger partial charge in [0.05, 0.1) is 11.6 Å². The summed E-state index contributed by atoms with van der Waals surface area (Å²) in [5.74, 6) is -0.172. The monoisotopic (exact) mass is 408 g/mol. The summed E-state index contributed by atoms with van der Waals surface area (Å²) >= 11 is 5.50. The lowest BCUT2D eigenvalue weighted by Gasteiger charge is -2.11. The zero-order chi connectivity index (χ0) is 12.4. The Balaban J connectivity index is 2.09. The number of carbonyl (C=O) groups excluding carboxylic acids is 2. The average Bonchev–Trinajstić information content (AvgIpc) is 2.67. The Labute approximate surface area is 121 Å². The van der Waals surface area contributed by atoms with Crippen molar-refractivity contribution in [2.45, 2.75) is 12.5 Å². The lowest BCUT2D eigenvalue weighted by molar-refractivity contribution is -0.119. The highest BCUT2D eigenvalue weighted by molar-refractivity contribution is 14.1. The minimum absolute atomic E-state index is 0.0167. The molecule has 1 atom stereocenters. The molecule has 2 rings (SSSR count). The van der Waals surface area contributed by atoms with Gasteiger partial charge in [0.25, 0.3) is 5.91 Å². The lowest BCUT2D eigenvalue weighted by Crippen LogP contribution is -2.36. The van der Waals surface area contributed by atoms with E-state index in [9.17, 15) is 9.59 Å². The molecule has 4 nitrogen and oxygen atoms in total. The first-order chi connectivity index (χ1) is 8.06. The van der Waals surface area contributed by atoms with E-state index in [1.165, 1.54) is 0 Å². The van der Waals surface area contributed by atoms with Gasteiger partial charge in [0, 0.05) is 21.0 Å². The second-order valence-corrected chi connectivity index (χ2v) is 5.90. The van der Waals surface area contributed by atoms with E-state index in [0.717, 1.165) is 8.04 Å². The predicted octanol–water partition coefficient (Wildman–Crippen LogP) is 1.67. The third-order valence-corrected chi connectivity index (χ3v) is 3.85. The molecule has 0 aromatic heterocycles. The van der Waals surface area contributed by atoms with Crippen LogP contribution in [0, 0.1) is 3.57 Å². The number of rotatable bonds is 2. The van der Waals surface area contributed by atoms with E-state index in [4.69, 9.17) is 0 Å². The summed E-state index contributed by atoms with van der Waals surface area (Å²) < 4.78 is 1.75. The first-order valence-electron chi connectivity index (χ1n) is 5.09. The fourth-order valence-electron chi connectivity index (χ4n) is 1.64. The quantitative estimate of drug-likeness (QED) is 0.731. The van der Waals surface area contributed by atoms with Crippen molar-refractivity contribution >= 4 is 50.3 Å². The summed E-state index contributed by atoms with van der Waals surface area (Å²) in [6.07, 6.45) is 0.354. The maximum absolute atomic E-state index is 12.0. The second-order valence-electron chi connectivity index (χ2n) is 3.80. The highest BCUT2D eigenvalue weighted by atomic mass is 127. The zero-order valence-corrected chi connectivity index (χ0v) is 12.5. The molecule has 2 amide bonds. The summed E-state index contributed by atoms with van der Waals surface area (Å²) in [4.78, 5) is 23.0. The second kappa shape index (κ2) is 5.34. The van der Waals surface area contributed by atoms with Crippen LogP contribution >= 0.6 is 38.5 Å². The van der Waals surface area contributed by atoms with Crippen LogP contribution in [0.15, 0.2) is 22.7 Å². The molecule has 90 valence electrons. The summed E-state index contributed by atoms with van der Waals surface area (Å²) in [5.41, 5.74) is 0.594. The van der Waals surface area contributed by atoms with E-state index in [2.05, 4.69) is 49.2 Å². The molecule has 1 aromatic rings. The molecule has 0 spiro atoms. The Morgan fingerprint density at radius 1 is 1.53 bits per heavy atom. The Morgan fingerprint density at radius 2 is 2.29 bits per heavy atom. The average molecular weight is 409 g/mol. The molecule has 6 heteroatoms. The molecule has 0 radical (unpaired) electrons. The molecule has 1 aromatic carbocycles. The third kappa shape index (κ3) is 3.19. The van der Waals surface area contributed by atoms with E-state index < -0.39 is 0 Å². The Morgan fingerprint density at radius 3 is 2.94 bits per heavy atom. The van der Waals surface area contributed by atoms with Crippen molar-refractivity contribution in [1.82, 2.24) is 10.6 Å². The molecular formula is C11H10BrIN2O2. The van der Waals surface area contributed by atoms with Crippen molar-refractivity contribution in [2.24, 2.45) is 0 Å². The molecule has 1 saturated heterocycles. The van der Waals surface area contributed by atoms with Crippen molar-refractivity contribution in [3.8, 4) is 0 Å². The summed E-state index contributed by atoms with van der Waals surface area (Å²) in [7, 11) is 0. The summed E-state index contributed by atoms with van der Waals surface area (Å²) in [5, 5.41) is 5.52. The van der Waals surface area contributed by atoms with Gasteiger partial charge in [0.15, 0.2) is 0 Å².